The van der Waals surface area contributed by atoms with Crippen molar-refractivity contribution in [1.82, 2.24) is 14.8 Å². The number of benzene rings is 1. The molecule has 156 valence electrons. The quantitative estimate of drug-likeness (QED) is 0.620. The monoisotopic (exact) mass is 406 g/mol. The molecule has 0 radical (unpaired) electrons. The molecule has 7 nitrogen and oxygen atoms in total. The normalized spacial score (nSPS) is 14.2. The summed E-state index contributed by atoms with van der Waals surface area (Å²) in [6.07, 6.45) is 6.87. The Bertz CT molecular complexity index is 1080. The predicted molar refractivity (Wildman–Crippen MR) is 115 cm³/mol. The van der Waals surface area contributed by atoms with E-state index in [2.05, 4.69) is 15.4 Å². The van der Waals surface area contributed by atoms with Crippen LogP contribution >= 0.6 is 0 Å². The molecule has 0 bridgehead atoms. The van der Waals surface area contributed by atoms with Crippen molar-refractivity contribution < 1.29 is 14.3 Å². The fraction of sp³-hybridized carbons (Fsp3) is 0.391. The highest BCUT2D eigenvalue weighted by molar-refractivity contribution is 6.05. The van der Waals surface area contributed by atoms with Crippen molar-refractivity contribution in [2.75, 3.05) is 11.9 Å². The number of ether oxygens (including phenoxy) is 1. The molecule has 30 heavy (non-hydrogen) atoms. The van der Waals surface area contributed by atoms with Crippen molar-refractivity contribution in [3.63, 3.8) is 0 Å². The van der Waals surface area contributed by atoms with Gasteiger partial charge in [0.1, 0.15) is 5.82 Å². The van der Waals surface area contributed by atoms with E-state index >= 15 is 0 Å². The van der Waals surface area contributed by atoms with Crippen molar-refractivity contribution in [2.45, 2.75) is 52.0 Å². The van der Waals surface area contributed by atoms with E-state index < -0.39 is 5.97 Å². The Morgan fingerprint density at radius 3 is 2.73 bits per heavy atom. The SMILES string of the molecule is CCc1nc2ccccc2c(C(=O)OCC(=O)Nc2ccnn2C2CCCC2)c1C. The number of amides is 1. The van der Waals surface area contributed by atoms with Crippen LogP contribution in [-0.4, -0.2) is 33.2 Å². The molecule has 2 aromatic heterocycles. The summed E-state index contributed by atoms with van der Waals surface area (Å²) in [6.45, 7) is 3.52. The highest BCUT2D eigenvalue weighted by Gasteiger charge is 2.22. The number of anilines is 1. The van der Waals surface area contributed by atoms with Crippen LogP contribution in [0, 0.1) is 6.92 Å². The van der Waals surface area contributed by atoms with Gasteiger partial charge in [0.25, 0.3) is 5.91 Å². The van der Waals surface area contributed by atoms with Crippen molar-refractivity contribution in [3.8, 4) is 0 Å². The van der Waals surface area contributed by atoms with E-state index in [9.17, 15) is 9.59 Å². The minimum Gasteiger partial charge on any atom is -0.452 e. The zero-order valence-corrected chi connectivity index (χ0v) is 17.4. The molecule has 1 aliphatic carbocycles. The van der Waals surface area contributed by atoms with Gasteiger partial charge in [0, 0.05) is 17.1 Å². The summed E-state index contributed by atoms with van der Waals surface area (Å²) < 4.78 is 7.25. The third-order valence-corrected chi connectivity index (χ3v) is 5.72. The lowest BCUT2D eigenvalue weighted by Crippen LogP contribution is -2.24. The van der Waals surface area contributed by atoms with E-state index in [1.165, 1.54) is 12.8 Å². The summed E-state index contributed by atoms with van der Waals surface area (Å²) >= 11 is 0. The van der Waals surface area contributed by atoms with Crippen LogP contribution in [0.15, 0.2) is 36.5 Å². The van der Waals surface area contributed by atoms with Crippen molar-refractivity contribution in [3.05, 3.63) is 53.3 Å². The van der Waals surface area contributed by atoms with E-state index in [4.69, 9.17) is 4.74 Å². The molecular formula is C23H26N4O3. The number of aromatic nitrogens is 3. The first-order chi connectivity index (χ1) is 14.6. The number of fused-ring (bicyclic) bond motifs is 1. The number of rotatable bonds is 6. The number of aryl methyl sites for hydroxylation is 1. The number of hydrogen-bond donors (Lipinski definition) is 1. The number of esters is 1. The van der Waals surface area contributed by atoms with Crippen LogP contribution in [0.25, 0.3) is 10.9 Å². The molecule has 1 saturated carbocycles. The number of pyridine rings is 1. The molecule has 0 unspecified atom stereocenters. The fourth-order valence-electron chi connectivity index (χ4n) is 4.20. The number of carbonyl (C=O) groups excluding carboxylic acids is 2. The van der Waals surface area contributed by atoms with Gasteiger partial charge in [-0.1, -0.05) is 38.0 Å². The molecule has 1 aromatic carbocycles. The third-order valence-electron chi connectivity index (χ3n) is 5.72. The van der Waals surface area contributed by atoms with Crippen LogP contribution in [0.3, 0.4) is 0 Å². The molecule has 4 rings (SSSR count). The van der Waals surface area contributed by atoms with Crippen LogP contribution in [-0.2, 0) is 16.0 Å². The summed E-state index contributed by atoms with van der Waals surface area (Å²) in [5.74, 6) is -0.253. The first-order valence-corrected chi connectivity index (χ1v) is 10.5. The summed E-state index contributed by atoms with van der Waals surface area (Å²) in [5.41, 5.74) is 2.87. The van der Waals surface area contributed by atoms with Gasteiger partial charge < -0.3 is 10.1 Å². The van der Waals surface area contributed by atoms with Gasteiger partial charge in [-0.15, -0.1) is 0 Å². The zero-order chi connectivity index (χ0) is 21.1. The molecule has 1 fully saturated rings. The highest BCUT2D eigenvalue weighted by Crippen LogP contribution is 2.31. The van der Waals surface area contributed by atoms with E-state index in [0.29, 0.717) is 23.8 Å². The lowest BCUT2D eigenvalue weighted by Gasteiger charge is -2.15. The van der Waals surface area contributed by atoms with E-state index in [1.54, 1.807) is 12.3 Å². The largest absolute Gasteiger partial charge is 0.452 e. The number of hydrogen-bond acceptors (Lipinski definition) is 5. The van der Waals surface area contributed by atoms with Crippen LogP contribution in [0.1, 0.15) is 60.3 Å². The van der Waals surface area contributed by atoms with Gasteiger partial charge in [-0.05, 0) is 37.8 Å². The Morgan fingerprint density at radius 1 is 1.20 bits per heavy atom. The number of para-hydroxylation sites is 1. The van der Waals surface area contributed by atoms with Gasteiger partial charge >= 0.3 is 5.97 Å². The van der Waals surface area contributed by atoms with E-state index in [1.807, 2.05) is 42.8 Å². The van der Waals surface area contributed by atoms with Crippen LogP contribution in [0.2, 0.25) is 0 Å². The Balaban J connectivity index is 1.47. The molecule has 0 spiro atoms. The average molecular weight is 406 g/mol. The van der Waals surface area contributed by atoms with Gasteiger partial charge in [0.05, 0.1) is 23.3 Å². The molecular weight excluding hydrogens is 380 g/mol. The second-order valence-electron chi connectivity index (χ2n) is 7.65. The first kappa shape index (κ1) is 20.1. The lowest BCUT2D eigenvalue weighted by atomic mass is 10.0. The lowest BCUT2D eigenvalue weighted by molar-refractivity contribution is -0.119. The van der Waals surface area contributed by atoms with Gasteiger partial charge in [-0.3, -0.25) is 9.78 Å². The van der Waals surface area contributed by atoms with Crippen molar-refractivity contribution in [2.24, 2.45) is 0 Å². The Kier molecular flexibility index (Phi) is 5.79. The Labute approximate surface area is 175 Å². The second kappa shape index (κ2) is 8.65. The summed E-state index contributed by atoms with van der Waals surface area (Å²) in [6, 6.07) is 9.57. The molecule has 1 amide bonds. The highest BCUT2D eigenvalue weighted by atomic mass is 16.5. The Hall–Kier alpha value is -3.22. The Morgan fingerprint density at radius 2 is 1.97 bits per heavy atom. The van der Waals surface area contributed by atoms with E-state index in [-0.39, 0.29) is 12.5 Å². The minimum absolute atomic E-state index is 0.316. The summed E-state index contributed by atoms with van der Waals surface area (Å²) in [4.78, 5) is 30.0. The molecule has 0 atom stereocenters. The standard InChI is InChI=1S/C23H26N4O3/c1-3-18-15(2)22(17-10-6-7-11-19(17)25-18)23(29)30-14-21(28)26-20-12-13-24-27(20)16-8-4-5-9-16/h6-7,10-13,16H,3-5,8-9,14H2,1-2H3,(H,26,28). The topological polar surface area (TPSA) is 86.1 Å². The summed E-state index contributed by atoms with van der Waals surface area (Å²) in [5, 5.41) is 7.90. The minimum atomic E-state index is -0.514. The molecule has 1 aliphatic rings. The number of nitrogens with zero attached hydrogens (tertiary/aromatic N) is 3. The average Bonchev–Trinajstić information content (AvgIpc) is 3.43. The molecule has 1 N–H and O–H groups in total. The summed E-state index contributed by atoms with van der Waals surface area (Å²) in [7, 11) is 0. The van der Waals surface area contributed by atoms with Crippen LogP contribution in [0.4, 0.5) is 5.82 Å². The number of nitrogens with one attached hydrogen (secondary N) is 1. The first-order valence-electron chi connectivity index (χ1n) is 10.5. The van der Waals surface area contributed by atoms with Crippen molar-refractivity contribution in [1.29, 1.82) is 0 Å². The van der Waals surface area contributed by atoms with Gasteiger partial charge in [-0.2, -0.15) is 5.10 Å². The maximum atomic E-state index is 12.9. The van der Waals surface area contributed by atoms with Crippen molar-refractivity contribution >= 4 is 28.6 Å². The maximum Gasteiger partial charge on any atom is 0.339 e. The second-order valence-corrected chi connectivity index (χ2v) is 7.65. The molecule has 7 heteroatoms. The molecule has 3 aromatic rings. The molecule has 0 saturated heterocycles. The predicted octanol–water partition coefficient (Wildman–Crippen LogP) is 4.21. The molecule has 0 aliphatic heterocycles. The van der Waals surface area contributed by atoms with Gasteiger partial charge in [0.2, 0.25) is 0 Å². The maximum absolute atomic E-state index is 12.9. The zero-order valence-electron chi connectivity index (χ0n) is 17.4. The van der Waals surface area contributed by atoms with Gasteiger partial charge in [-0.25, -0.2) is 9.48 Å². The van der Waals surface area contributed by atoms with Gasteiger partial charge in [0.15, 0.2) is 6.61 Å². The van der Waals surface area contributed by atoms with Crippen LogP contribution in [0.5, 0.6) is 0 Å². The third kappa shape index (κ3) is 3.92. The fourth-order valence-corrected chi connectivity index (χ4v) is 4.20. The molecule has 2 heterocycles. The van der Waals surface area contributed by atoms with Crippen LogP contribution < -0.4 is 5.32 Å². The van der Waals surface area contributed by atoms with E-state index in [0.717, 1.165) is 35.0 Å². The smallest absolute Gasteiger partial charge is 0.339 e. The number of carbonyl (C=O) groups is 2.